The summed E-state index contributed by atoms with van der Waals surface area (Å²) in [6.07, 6.45) is 5.32. The first-order valence-corrected chi connectivity index (χ1v) is 5.75. The van der Waals surface area contributed by atoms with Gasteiger partial charge in [-0.15, -0.1) is 30.4 Å². The van der Waals surface area contributed by atoms with Gasteiger partial charge in [0.25, 0.3) is 0 Å². The molecule has 0 aliphatic heterocycles. The molecule has 6 heteroatoms. The van der Waals surface area contributed by atoms with E-state index in [0.29, 0.717) is 19.0 Å². The molecule has 0 saturated heterocycles. The molecule has 0 saturated carbocycles. The molecule has 0 aliphatic carbocycles. The molecule has 0 aromatic rings. The van der Waals surface area contributed by atoms with Crippen molar-refractivity contribution >= 4 is 35.9 Å². The average Bonchev–Trinajstić information content (AvgIpc) is 2.24. The number of nitrogens with one attached hydrogen (secondary N) is 2. The Labute approximate surface area is 126 Å². The van der Waals surface area contributed by atoms with Crippen LogP contribution in [0.5, 0.6) is 0 Å². The van der Waals surface area contributed by atoms with E-state index in [2.05, 4.69) is 21.5 Å². The number of esters is 1. The monoisotopic (exact) mass is 367 g/mol. The number of terminal acetylenes is 1. The molecular formula is C12H22IN3O2. The zero-order chi connectivity index (χ0) is 13.1. The van der Waals surface area contributed by atoms with E-state index in [-0.39, 0.29) is 42.5 Å². The maximum Gasteiger partial charge on any atom is 0.307 e. The van der Waals surface area contributed by atoms with Crippen LogP contribution in [-0.4, -0.2) is 37.7 Å². The first-order valence-electron chi connectivity index (χ1n) is 5.75. The van der Waals surface area contributed by atoms with Crippen LogP contribution in [-0.2, 0) is 9.53 Å². The average molecular weight is 367 g/mol. The second-order valence-electron chi connectivity index (χ2n) is 3.61. The molecule has 0 radical (unpaired) electrons. The maximum absolute atomic E-state index is 11.2. The fraction of sp³-hybridized carbons (Fsp3) is 0.667. The first-order chi connectivity index (χ1) is 8.10. The van der Waals surface area contributed by atoms with Crippen molar-refractivity contribution in [3.8, 4) is 12.3 Å². The van der Waals surface area contributed by atoms with Crippen molar-refractivity contribution in [1.82, 2.24) is 10.6 Å². The van der Waals surface area contributed by atoms with E-state index < -0.39 is 0 Å². The highest BCUT2D eigenvalue weighted by atomic mass is 127. The molecule has 2 N–H and O–H groups in total. The quantitative estimate of drug-likeness (QED) is 0.243. The Bertz CT molecular complexity index is 298. The summed E-state index contributed by atoms with van der Waals surface area (Å²) in [6.45, 7) is 7.13. The van der Waals surface area contributed by atoms with Crippen molar-refractivity contribution < 1.29 is 9.53 Å². The van der Waals surface area contributed by atoms with E-state index in [1.54, 1.807) is 0 Å². The minimum absolute atomic E-state index is 0. The van der Waals surface area contributed by atoms with Gasteiger partial charge >= 0.3 is 5.97 Å². The van der Waals surface area contributed by atoms with E-state index in [4.69, 9.17) is 11.2 Å². The summed E-state index contributed by atoms with van der Waals surface area (Å²) < 4.78 is 4.99. The van der Waals surface area contributed by atoms with Gasteiger partial charge in [-0.3, -0.25) is 9.79 Å². The molecule has 0 bridgehead atoms. The molecule has 5 nitrogen and oxygen atoms in total. The number of nitrogens with zero attached hydrogens (tertiary/aromatic N) is 1. The van der Waals surface area contributed by atoms with Crippen molar-refractivity contribution in [3.63, 3.8) is 0 Å². The summed E-state index contributed by atoms with van der Waals surface area (Å²) in [5.41, 5.74) is 0. The minimum Gasteiger partial charge on any atom is -0.463 e. The Morgan fingerprint density at radius 3 is 2.61 bits per heavy atom. The fourth-order valence-corrected chi connectivity index (χ4v) is 1.06. The molecule has 0 rings (SSSR count). The highest BCUT2D eigenvalue weighted by molar-refractivity contribution is 14.0. The summed E-state index contributed by atoms with van der Waals surface area (Å²) in [5, 5.41) is 5.96. The largest absolute Gasteiger partial charge is 0.463 e. The number of hydrogen-bond acceptors (Lipinski definition) is 3. The SMILES string of the molecule is C#CCNC(=NCCC(=O)OC(C)C)NCC.I. The van der Waals surface area contributed by atoms with Crippen LogP contribution in [0.15, 0.2) is 4.99 Å². The van der Waals surface area contributed by atoms with E-state index in [1.165, 1.54) is 0 Å². The van der Waals surface area contributed by atoms with Crippen molar-refractivity contribution in [2.75, 3.05) is 19.6 Å². The molecule has 104 valence electrons. The Morgan fingerprint density at radius 1 is 1.44 bits per heavy atom. The van der Waals surface area contributed by atoms with Crippen molar-refractivity contribution in [1.29, 1.82) is 0 Å². The van der Waals surface area contributed by atoms with Crippen molar-refractivity contribution in [2.45, 2.75) is 33.3 Å². The molecule has 0 atom stereocenters. The lowest BCUT2D eigenvalue weighted by atomic mass is 10.4. The van der Waals surface area contributed by atoms with Crippen LogP contribution in [0.1, 0.15) is 27.2 Å². The molecular weight excluding hydrogens is 345 g/mol. The predicted molar refractivity (Wildman–Crippen MR) is 84.1 cm³/mol. The van der Waals surface area contributed by atoms with Gasteiger partial charge in [-0.1, -0.05) is 5.92 Å². The first kappa shape index (κ1) is 19.4. The standard InChI is InChI=1S/C12H21N3O2.HI/c1-5-8-14-12(13-6-2)15-9-7-11(16)17-10(3)4;/h1,10H,6-9H2,2-4H3,(H2,13,14,15);1H. The Hall–Kier alpha value is -0.970. The van der Waals surface area contributed by atoms with Gasteiger partial charge in [0.2, 0.25) is 0 Å². The normalized spacial score (nSPS) is 10.3. The van der Waals surface area contributed by atoms with E-state index >= 15 is 0 Å². The highest BCUT2D eigenvalue weighted by Crippen LogP contribution is 1.93. The van der Waals surface area contributed by atoms with Gasteiger partial charge in [-0.25, -0.2) is 0 Å². The van der Waals surface area contributed by atoms with Crippen LogP contribution in [0.4, 0.5) is 0 Å². The van der Waals surface area contributed by atoms with Gasteiger partial charge in [0.15, 0.2) is 5.96 Å². The van der Waals surface area contributed by atoms with Crippen molar-refractivity contribution in [2.24, 2.45) is 4.99 Å². The third kappa shape index (κ3) is 11.5. The van der Waals surface area contributed by atoms with Gasteiger partial charge in [-0.2, -0.15) is 0 Å². The Morgan fingerprint density at radius 2 is 2.11 bits per heavy atom. The molecule has 0 aliphatic rings. The zero-order valence-corrected chi connectivity index (χ0v) is 13.5. The number of ether oxygens (including phenoxy) is 1. The molecule has 0 aromatic heterocycles. The summed E-state index contributed by atoms with van der Waals surface area (Å²) >= 11 is 0. The lowest BCUT2D eigenvalue weighted by Gasteiger charge is -2.09. The van der Waals surface area contributed by atoms with Gasteiger partial charge in [0.1, 0.15) is 0 Å². The number of halogens is 1. The minimum atomic E-state index is -0.239. The smallest absolute Gasteiger partial charge is 0.307 e. The van der Waals surface area contributed by atoms with E-state index in [0.717, 1.165) is 6.54 Å². The fourth-order valence-electron chi connectivity index (χ4n) is 1.06. The molecule has 18 heavy (non-hydrogen) atoms. The highest BCUT2D eigenvalue weighted by Gasteiger charge is 2.04. The molecule has 0 unspecified atom stereocenters. The third-order valence-corrected chi connectivity index (χ3v) is 1.66. The van der Waals surface area contributed by atoms with Gasteiger partial charge < -0.3 is 15.4 Å². The molecule has 0 amide bonds. The summed E-state index contributed by atoms with van der Waals surface area (Å²) in [5.74, 6) is 2.83. The Kier molecular flexibility index (Phi) is 13.4. The van der Waals surface area contributed by atoms with Crippen LogP contribution in [0.25, 0.3) is 0 Å². The molecule has 0 aromatic carbocycles. The van der Waals surface area contributed by atoms with E-state index in [9.17, 15) is 4.79 Å². The lowest BCUT2D eigenvalue weighted by molar-refractivity contribution is -0.147. The number of guanidine groups is 1. The topological polar surface area (TPSA) is 62.7 Å². The molecule has 0 fully saturated rings. The number of rotatable bonds is 6. The number of carbonyl (C=O) groups is 1. The van der Waals surface area contributed by atoms with Crippen LogP contribution in [0, 0.1) is 12.3 Å². The van der Waals surface area contributed by atoms with Crippen LogP contribution in [0.2, 0.25) is 0 Å². The number of hydrogen-bond donors (Lipinski definition) is 2. The lowest BCUT2D eigenvalue weighted by Crippen LogP contribution is -2.37. The van der Waals surface area contributed by atoms with Gasteiger partial charge in [0.05, 0.1) is 25.6 Å². The predicted octanol–water partition coefficient (Wildman–Crippen LogP) is 1.13. The maximum atomic E-state index is 11.2. The third-order valence-electron chi connectivity index (χ3n) is 1.66. The van der Waals surface area contributed by atoms with Crippen molar-refractivity contribution in [3.05, 3.63) is 0 Å². The summed E-state index contributed by atoms with van der Waals surface area (Å²) in [4.78, 5) is 15.4. The second kappa shape index (κ2) is 12.5. The number of carbonyl (C=O) groups excluding carboxylic acids is 1. The van der Waals surface area contributed by atoms with Gasteiger partial charge in [0, 0.05) is 6.54 Å². The van der Waals surface area contributed by atoms with Gasteiger partial charge in [-0.05, 0) is 20.8 Å². The van der Waals surface area contributed by atoms with Crippen LogP contribution >= 0.6 is 24.0 Å². The summed E-state index contributed by atoms with van der Waals surface area (Å²) in [7, 11) is 0. The summed E-state index contributed by atoms with van der Waals surface area (Å²) in [6, 6.07) is 0. The van der Waals surface area contributed by atoms with Crippen LogP contribution in [0.3, 0.4) is 0 Å². The molecule has 0 spiro atoms. The number of aliphatic imine (C=N–C) groups is 1. The Balaban J connectivity index is 0. The van der Waals surface area contributed by atoms with E-state index in [1.807, 2.05) is 20.8 Å². The second-order valence-corrected chi connectivity index (χ2v) is 3.61. The molecule has 0 heterocycles. The zero-order valence-electron chi connectivity index (χ0n) is 11.2. The van der Waals surface area contributed by atoms with Crippen LogP contribution < -0.4 is 10.6 Å².